The monoisotopic (exact) mass is 291 g/mol. The van der Waals surface area contributed by atoms with E-state index in [4.69, 9.17) is 0 Å². The maximum Gasteiger partial charge on any atom is 0.251 e. The summed E-state index contributed by atoms with van der Waals surface area (Å²) < 4.78 is 0. The molecule has 0 atom stereocenters. The summed E-state index contributed by atoms with van der Waals surface area (Å²) in [7, 11) is 0. The van der Waals surface area contributed by atoms with Crippen LogP contribution in [0.1, 0.15) is 12.6 Å². The Labute approximate surface area is 119 Å². The molecule has 1 aromatic heterocycles. The molecule has 1 amide bonds. The van der Waals surface area contributed by atoms with Gasteiger partial charge in [-0.15, -0.1) is 0 Å². The Morgan fingerprint density at radius 2 is 2.15 bits per heavy atom. The fourth-order valence-corrected chi connectivity index (χ4v) is 2.49. The number of hydrogen-bond acceptors (Lipinski definition) is 5. The quantitative estimate of drug-likeness (QED) is 0.593. The maximum absolute atomic E-state index is 11.4. The van der Waals surface area contributed by atoms with Crippen molar-refractivity contribution in [2.75, 3.05) is 5.32 Å². The summed E-state index contributed by atoms with van der Waals surface area (Å²) in [6, 6.07) is 6.07. The number of hydrogen-bond donors (Lipinski definition) is 3. The summed E-state index contributed by atoms with van der Waals surface area (Å²) in [4.78, 5) is 29.6. The lowest BCUT2D eigenvalue weighted by Crippen LogP contribution is -2.08. The van der Waals surface area contributed by atoms with Gasteiger partial charge in [-0.2, -0.15) is 0 Å². The normalized spacial score (nSPS) is 10.3. The third kappa shape index (κ3) is 3.61. The summed E-state index contributed by atoms with van der Waals surface area (Å²) in [5.41, 5.74) is 0.902. The zero-order valence-corrected chi connectivity index (χ0v) is 11.7. The van der Waals surface area contributed by atoms with Crippen LogP contribution in [-0.2, 0) is 4.79 Å². The molecule has 0 saturated carbocycles. The molecule has 7 heteroatoms. The number of H-pyrrole nitrogens is 1. The minimum Gasteiger partial charge on any atom is -0.507 e. The Morgan fingerprint density at radius 1 is 1.40 bits per heavy atom. The molecular weight excluding hydrogens is 278 g/mol. The smallest absolute Gasteiger partial charge is 0.251 e. The van der Waals surface area contributed by atoms with Crippen molar-refractivity contribution in [3.63, 3.8) is 0 Å². The first-order chi connectivity index (χ1) is 9.44. The van der Waals surface area contributed by atoms with Gasteiger partial charge in [0.2, 0.25) is 5.91 Å². The highest BCUT2D eigenvalue weighted by molar-refractivity contribution is 7.99. The number of anilines is 1. The molecule has 0 fully saturated rings. The number of aryl methyl sites for hydroxylation is 1. The topological polar surface area (TPSA) is 95.1 Å². The van der Waals surface area contributed by atoms with E-state index in [0.29, 0.717) is 21.4 Å². The van der Waals surface area contributed by atoms with Crippen LogP contribution in [-0.4, -0.2) is 21.0 Å². The highest BCUT2D eigenvalue weighted by Crippen LogP contribution is 2.34. The lowest BCUT2D eigenvalue weighted by atomic mass is 10.3. The fourth-order valence-electron chi connectivity index (χ4n) is 1.58. The minimum absolute atomic E-state index is 0.0493. The molecule has 3 N–H and O–H groups in total. The van der Waals surface area contributed by atoms with Gasteiger partial charge >= 0.3 is 0 Å². The first kappa shape index (κ1) is 14.1. The standard InChI is InChI=1S/C13H13N3O3S/c1-7-5-12(19)16-13(14-7)20-11-6-9(15-8(2)17)3-4-10(11)18/h3-6,18H,1-2H3,(H,15,17)(H,14,16,19). The number of phenols is 1. The van der Waals surface area contributed by atoms with Crippen LogP contribution in [0.4, 0.5) is 5.69 Å². The average Bonchev–Trinajstić information content (AvgIpc) is 2.31. The van der Waals surface area contributed by atoms with Crippen molar-refractivity contribution in [2.45, 2.75) is 23.9 Å². The Morgan fingerprint density at radius 3 is 2.80 bits per heavy atom. The summed E-state index contributed by atoms with van der Waals surface area (Å²) in [5, 5.41) is 12.8. The maximum atomic E-state index is 11.4. The predicted octanol–water partition coefficient (Wildman–Crippen LogP) is 1.89. The molecule has 0 aliphatic heterocycles. The number of amides is 1. The lowest BCUT2D eigenvalue weighted by molar-refractivity contribution is -0.114. The van der Waals surface area contributed by atoms with Gasteiger partial charge in [-0.3, -0.25) is 9.59 Å². The molecular formula is C13H13N3O3S. The van der Waals surface area contributed by atoms with Crippen LogP contribution in [0.15, 0.2) is 39.1 Å². The number of aromatic amines is 1. The number of benzene rings is 1. The predicted molar refractivity (Wildman–Crippen MR) is 76.1 cm³/mol. The Hall–Kier alpha value is -2.28. The summed E-state index contributed by atoms with van der Waals surface area (Å²) in [6.07, 6.45) is 0. The van der Waals surface area contributed by atoms with Crippen molar-refractivity contribution in [2.24, 2.45) is 0 Å². The van der Waals surface area contributed by atoms with Gasteiger partial charge in [0, 0.05) is 24.4 Å². The van der Waals surface area contributed by atoms with E-state index in [2.05, 4.69) is 15.3 Å². The third-order valence-electron chi connectivity index (χ3n) is 2.33. The molecule has 20 heavy (non-hydrogen) atoms. The van der Waals surface area contributed by atoms with Crippen molar-refractivity contribution < 1.29 is 9.90 Å². The molecule has 0 bridgehead atoms. The van der Waals surface area contributed by atoms with Crippen LogP contribution in [0.25, 0.3) is 0 Å². The van der Waals surface area contributed by atoms with Crippen LogP contribution in [0, 0.1) is 6.92 Å². The number of nitrogens with one attached hydrogen (secondary N) is 2. The van der Waals surface area contributed by atoms with Gasteiger partial charge < -0.3 is 15.4 Å². The Bertz CT molecular complexity index is 712. The van der Waals surface area contributed by atoms with Crippen LogP contribution < -0.4 is 10.9 Å². The molecule has 0 unspecified atom stereocenters. The van der Waals surface area contributed by atoms with Crippen molar-refractivity contribution in [1.29, 1.82) is 0 Å². The summed E-state index contributed by atoms with van der Waals surface area (Å²) >= 11 is 1.12. The number of aromatic nitrogens is 2. The Kier molecular flexibility index (Phi) is 4.09. The highest BCUT2D eigenvalue weighted by Gasteiger charge is 2.08. The average molecular weight is 291 g/mol. The zero-order valence-electron chi connectivity index (χ0n) is 10.9. The van der Waals surface area contributed by atoms with Gasteiger partial charge in [0.25, 0.3) is 5.56 Å². The molecule has 0 aliphatic carbocycles. The van der Waals surface area contributed by atoms with Gasteiger partial charge in [0.1, 0.15) is 5.75 Å². The van der Waals surface area contributed by atoms with Gasteiger partial charge in [0.15, 0.2) is 5.16 Å². The van der Waals surface area contributed by atoms with E-state index in [1.807, 2.05) is 0 Å². The second kappa shape index (κ2) is 5.79. The first-order valence-corrected chi connectivity index (χ1v) is 6.62. The van der Waals surface area contributed by atoms with E-state index in [1.54, 1.807) is 19.1 Å². The van der Waals surface area contributed by atoms with Crippen molar-refractivity contribution in [3.8, 4) is 5.75 Å². The highest BCUT2D eigenvalue weighted by atomic mass is 32.2. The molecule has 1 aromatic carbocycles. The van der Waals surface area contributed by atoms with E-state index < -0.39 is 0 Å². The second-order valence-electron chi connectivity index (χ2n) is 4.16. The van der Waals surface area contributed by atoms with Crippen LogP contribution in [0.3, 0.4) is 0 Å². The molecule has 6 nitrogen and oxygen atoms in total. The molecule has 0 aliphatic rings. The third-order valence-corrected chi connectivity index (χ3v) is 3.27. The minimum atomic E-state index is -0.252. The van der Waals surface area contributed by atoms with E-state index >= 15 is 0 Å². The van der Waals surface area contributed by atoms with E-state index in [1.165, 1.54) is 19.1 Å². The summed E-state index contributed by atoms with van der Waals surface area (Å²) in [6.45, 7) is 3.12. The molecule has 0 saturated heterocycles. The molecule has 2 aromatic rings. The molecule has 104 valence electrons. The second-order valence-corrected chi connectivity index (χ2v) is 5.19. The lowest BCUT2D eigenvalue weighted by Gasteiger charge is -2.07. The first-order valence-electron chi connectivity index (χ1n) is 5.80. The van der Waals surface area contributed by atoms with Crippen LogP contribution in [0.5, 0.6) is 5.75 Å². The largest absolute Gasteiger partial charge is 0.507 e. The van der Waals surface area contributed by atoms with E-state index in [-0.39, 0.29) is 17.2 Å². The summed E-state index contributed by atoms with van der Waals surface area (Å²) in [5.74, 6) is -0.151. The van der Waals surface area contributed by atoms with Crippen LogP contribution in [0.2, 0.25) is 0 Å². The fraction of sp³-hybridized carbons (Fsp3) is 0.154. The molecule has 0 radical (unpaired) electrons. The molecule has 2 rings (SSSR count). The zero-order chi connectivity index (χ0) is 14.7. The number of nitrogens with zero attached hydrogens (tertiary/aromatic N) is 1. The number of carbonyl (C=O) groups is 1. The van der Waals surface area contributed by atoms with E-state index in [0.717, 1.165) is 11.8 Å². The van der Waals surface area contributed by atoms with Crippen molar-refractivity contribution in [1.82, 2.24) is 9.97 Å². The number of rotatable bonds is 3. The number of carbonyl (C=O) groups excluding carboxylic acids is 1. The van der Waals surface area contributed by atoms with Gasteiger partial charge in [-0.25, -0.2) is 4.98 Å². The van der Waals surface area contributed by atoms with Crippen molar-refractivity contribution >= 4 is 23.4 Å². The van der Waals surface area contributed by atoms with Crippen LogP contribution >= 0.6 is 11.8 Å². The van der Waals surface area contributed by atoms with Gasteiger partial charge in [-0.05, 0) is 36.9 Å². The van der Waals surface area contributed by atoms with Crippen molar-refractivity contribution in [3.05, 3.63) is 40.3 Å². The van der Waals surface area contributed by atoms with Gasteiger partial charge in [0.05, 0.1) is 4.90 Å². The number of aromatic hydroxyl groups is 1. The SMILES string of the molecule is CC(=O)Nc1ccc(O)c(Sc2nc(C)cc(=O)[nH]2)c1. The molecule has 1 heterocycles. The molecule has 0 spiro atoms. The number of phenolic OH excluding ortho intramolecular Hbond substituents is 1. The van der Waals surface area contributed by atoms with Gasteiger partial charge in [-0.1, -0.05) is 0 Å². The Balaban J connectivity index is 2.32. The van der Waals surface area contributed by atoms with E-state index in [9.17, 15) is 14.7 Å².